The van der Waals surface area contributed by atoms with Crippen molar-refractivity contribution in [3.05, 3.63) is 12.2 Å². The van der Waals surface area contributed by atoms with E-state index >= 15 is 0 Å². The normalized spacial score (nSPS) is 12.4. The number of ether oxygens (including phenoxy) is 1. The number of rotatable bonds is 4. The highest BCUT2D eigenvalue weighted by Gasteiger charge is 1.97. The Morgan fingerprint density at radius 3 is 2.17 bits per heavy atom. The van der Waals surface area contributed by atoms with E-state index in [0.29, 0.717) is 15.6 Å². The Balaban J connectivity index is 0. The van der Waals surface area contributed by atoms with Crippen LogP contribution in [0.3, 0.4) is 0 Å². The minimum Gasteiger partial charge on any atom is -0.377 e. The summed E-state index contributed by atoms with van der Waals surface area (Å²) in [6, 6.07) is 0. The molecule has 0 N–H and O–H groups in total. The van der Waals surface area contributed by atoms with Crippen LogP contribution in [-0.2, 0) is 4.74 Å². The summed E-state index contributed by atoms with van der Waals surface area (Å²) in [7, 11) is 2.17. The van der Waals surface area contributed by atoms with Gasteiger partial charge in [-0.15, -0.1) is 0 Å². The van der Waals surface area contributed by atoms with Crippen molar-refractivity contribution >= 4 is 9.52 Å². The molecule has 2 heteroatoms. The minimum atomic E-state index is 0.333. The first-order valence-corrected chi connectivity index (χ1v) is 7.75. The van der Waals surface area contributed by atoms with E-state index in [-0.39, 0.29) is 0 Å². The molecule has 0 radical (unpaired) electrons. The van der Waals surface area contributed by atoms with Crippen molar-refractivity contribution in [3.63, 3.8) is 0 Å². The summed E-state index contributed by atoms with van der Waals surface area (Å²) in [5.74, 6) is 0. The standard InChI is InChI=1S/C8H16O.C2H8Si/c1-4-6-8(9-3)7-5-2;1-3-2/h4,6,8H,5,7H2,1-3H3;3H2,1-2H3. The van der Waals surface area contributed by atoms with Crippen molar-refractivity contribution in [1.82, 2.24) is 0 Å². The largest absolute Gasteiger partial charge is 0.377 e. The lowest BCUT2D eigenvalue weighted by molar-refractivity contribution is 0.133. The number of hydrogen-bond acceptors (Lipinski definition) is 1. The molecule has 0 saturated heterocycles. The average Bonchev–Trinajstić information content (AvgIpc) is 2.05. The van der Waals surface area contributed by atoms with Gasteiger partial charge in [0.15, 0.2) is 0 Å². The third-order valence-corrected chi connectivity index (χ3v) is 1.28. The molecular formula is C10H24OSi. The molecule has 1 nitrogen and oxygen atoms in total. The van der Waals surface area contributed by atoms with E-state index in [2.05, 4.69) is 26.1 Å². The van der Waals surface area contributed by atoms with E-state index in [1.165, 1.54) is 6.42 Å². The first kappa shape index (κ1) is 14.4. The van der Waals surface area contributed by atoms with Crippen molar-refractivity contribution in [1.29, 1.82) is 0 Å². The van der Waals surface area contributed by atoms with Gasteiger partial charge in [0.25, 0.3) is 0 Å². The highest BCUT2D eigenvalue weighted by molar-refractivity contribution is 6.31. The maximum Gasteiger partial charge on any atom is 0.0751 e. The molecule has 0 amide bonds. The minimum absolute atomic E-state index is 0.333. The van der Waals surface area contributed by atoms with Gasteiger partial charge in [-0.2, -0.15) is 0 Å². The van der Waals surface area contributed by atoms with Crippen LogP contribution in [0.15, 0.2) is 12.2 Å². The fraction of sp³-hybridized carbons (Fsp3) is 0.800. The van der Waals surface area contributed by atoms with Crippen LogP contribution < -0.4 is 0 Å². The van der Waals surface area contributed by atoms with Gasteiger partial charge in [0.2, 0.25) is 0 Å². The summed E-state index contributed by atoms with van der Waals surface area (Å²) in [6.45, 7) is 8.71. The summed E-state index contributed by atoms with van der Waals surface area (Å²) in [6.07, 6.45) is 6.76. The van der Waals surface area contributed by atoms with Gasteiger partial charge in [0, 0.05) is 16.6 Å². The molecule has 0 aliphatic rings. The predicted octanol–water partition coefficient (Wildman–Crippen LogP) is 2.63. The number of hydrogen-bond donors (Lipinski definition) is 0. The average molecular weight is 188 g/mol. The van der Waals surface area contributed by atoms with Crippen molar-refractivity contribution in [3.8, 4) is 0 Å². The third kappa shape index (κ3) is 12.6. The van der Waals surface area contributed by atoms with Crippen LogP contribution in [0.25, 0.3) is 0 Å². The second-order valence-corrected chi connectivity index (χ2v) is 4.21. The van der Waals surface area contributed by atoms with E-state index < -0.39 is 0 Å². The molecule has 0 aliphatic carbocycles. The topological polar surface area (TPSA) is 9.23 Å². The summed E-state index contributed by atoms with van der Waals surface area (Å²) >= 11 is 0. The zero-order valence-electron chi connectivity index (χ0n) is 9.26. The first-order valence-electron chi connectivity index (χ1n) is 4.92. The molecule has 1 unspecified atom stereocenters. The molecule has 1 atom stereocenters. The van der Waals surface area contributed by atoms with Crippen molar-refractivity contribution in [2.75, 3.05) is 7.11 Å². The van der Waals surface area contributed by atoms with Gasteiger partial charge in [0.1, 0.15) is 0 Å². The Labute approximate surface area is 80.0 Å². The fourth-order valence-corrected chi connectivity index (χ4v) is 0.792. The summed E-state index contributed by atoms with van der Waals surface area (Å²) in [4.78, 5) is 0. The van der Waals surface area contributed by atoms with Crippen LogP contribution >= 0.6 is 0 Å². The highest BCUT2D eigenvalue weighted by atomic mass is 28.2. The summed E-state index contributed by atoms with van der Waals surface area (Å²) < 4.78 is 5.14. The molecule has 12 heavy (non-hydrogen) atoms. The van der Waals surface area contributed by atoms with Gasteiger partial charge in [-0.1, -0.05) is 38.6 Å². The SMILES string of the molecule is CC=CC(CCC)OC.C[SiH2]C. The molecule has 0 aromatic heterocycles. The highest BCUT2D eigenvalue weighted by Crippen LogP contribution is 2.01. The summed E-state index contributed by atoms with van der Waals surface area (Å²) in [5.41, 5.74) is 0. The van der Waals surface area contributed by atoms with Gasteiger partial charge in [-0.3, -0.25) is 0 Å². The molecule has 0 aliphatic heterocycles. The quantitative estimate of drug-likeness (QED) is 0.487. The first-order chi connectivity index (χ1) is 5.76. The second-order valence-electron chi connectivity index (χ2n) is 2.80. The maximum absolute atomic E-state index is 5.14. The molecule has 0 spiro atoms. The Bertz CT molecular complexity index is 91.8. The zero-order chi connectivity index (χ0) is 9.82. The lowest BCUT2D eigenvalue weighted by Gasteiger charge is -2.07. The molecule has 0 saturated carbocycles. The molecule has 0 rings (SSSR count). The fourth-order valence-electron chi connectivity index (χ4n) is 0.792. The molecule has 0 fully saturated rings. The molecule has 0 aromatic carbocycles. The van der Waals surface area contributed by atoms with E-state index in [0.717, 1.165) is 6.42 Å². The number of methoxy groups -OCH3 is 1. The van der Waals surface area contributed by atoms with Gasteiger partial charge >= 0.3 is 0 Å². The number of allylic oxidation sites excluding steroid dienone is 1. The molecule has 0 heterocycles. The van der Waals surface area contributed by atoms with Crippen LogP contribution in [0, 0.1) is 0 Å². The molecule has 0 aromatic rings. The molecular weight excluding hydrogens is 164 g/mol. The van der Waals surface area contributed by atoms with E-state index in [1.807, 2.05) is 13.0 Å². The summed E-state index contributed by atoms with van der Waals surface area (Å²) in [5, 5.41) is 0. The van der Waals surface area contributed by atoms with Crippen LogP contribution in [0.4, 0.5) is 0 Å². The van der Waals surface area contributed by atoms with Gasteiger partial charge in [0.05, 0.1) is 6.10 Å². The van der Waals surface area contributed by atoms with Crippen LogP contribution in [0.5, 0.6) is 0 Å². The monoisotopic (exact) mass is 188 g/mol. The second kappa shape index (κ2) is 13.5. The Hall–Kier alpha value is -0.0831. The van der Waals surface area contributed by atoms with Crippen LogP contribution in [-0.4, -0.2) is 22.7 Å². The van der Waals surface area contributed by atoms with Crippen molar-refractivity contribution in [2.24, 2.45) is 0 Å². The Morgan fingerprint density at radius 2 is 1.92 bits per heavy atom. The lowest BCUT2D eigenvalue weighted by atomic mass is 10.2. The lowest BCUT2D eigenvalue weighted by Crippen LogP contribution is -2.04. The van der Waals surface area contributed by atoms with Crippen LogP contribution in [0.1, 0.15) is 26.7 Å². The smallest absolute Gasteiger partial charge is 0.0751 e. The van der Waals surface area contributed by atoms with E-state index in [1.54, 1.807) is 7.11 Å². The zero-order valence-corrected chi connectivity index (χ0v) is 10.7. The predicted molar refractivity (Wildman–Crippen MR) is 60.8 cm³/mol. The van der Waals surface area contributed by atoms with Crippen molar-refractivity contribution in [2.45, 2.75) is 45.9 Å². The molecule has 0 bridgehead atoms. The van der Waals surface area contributed by atoms with Gasteiger partial charge in [-0.05, 0) is 13.3 Å². The van der Waals surface area contributed by atoms with Crippen molar-refractivity contribution < 1.29 is 4.74 Å². The van der Waals surface area contributed by atoms with E-state index in [9.17, 15) is 0 Å². The molecule has 74 valence electrons. The van der Waals surface area contributed by atoms with Gasteiger partial charge in [-0.25, -0.2) is 0 Å². The van der Waals surface area contributed by atoms with Crippen LogP contribution in [0.2, 0.25) is 13.1 Å². The van der Waals surface area contributed by atoms with Gasteiger partial charge < -0.3 is 4.74 Å². The Morgan fingerprint density at radius 1 is 1.42 bits per heavy atom. The third-order valence-electron chi connectivity index (χ3n) is 1.28. The maximum atomic E-state index is 5.14. The Kier molecular flexibility index (Phi) is 16.2. The van der Waals surface area contributed by atoms with E-state index in [4.69, 9.17) is 4.74 Å².